The van der Waals surface area contributed by atoms with Crippen molar-refractivity contribution in [1.29, 1.82) is 0 Å². The summed E-state index contributed by atoms with van der Waals surface area (Å²) in [6.45, 7) is 3.70. The molecule has 0 radical (unpaired) electrons. The number of nitrogens with zero attached hydrogens (tertiary/aromatic N) is 3. The SMILES string of the molecule is O=C(CN(CCN1CCCC1)C(=O)Nc1ccc(Cl)c(Cl)c1)N(Cc1ccc(F)cc1)Cc1cccs1. The van der Waals surface area contributed by atoms with Crippen LogP contribution in [0.15, 0.2) is 60.0 Å². The van der Waals surface area contributed by atoms with Gasteiger partial charge in [-0.25, -0.2) is 9.18 Å². The number of benzene rings is 2. The van der Waals surface area contributed by atoms with E-state index in [2.05, 4.69) is 10.2 Å². The van der Waals surface area contributed by atoms with E-state index in [0.717, 1.165) is 36.4 Å². The number of amides is 3. The first kappa shape index (κ1) is 27.4. The number of likely N-dealkylation sites (tertiary alicyclic amines) is 1. The molecule has 2 heterocycles. The molecule has 1 aliphatic rings. The number of hydrogen-bond donors (Lipinski definition) is 1. The van der Waals surface area contributed by atoms with Crippen LogP contribution in [0.3, 0.4) is 0 Å². The van der Waals surface area contributed by atoms with Gasteiger partial charge < -0.3 is 20.0 Å². The van der Waals surface area contributed by atoms with Gasteiger partial charge in [0.15, 0.2) is 0 Å². The third-order valence-corrected chi connectivity index (χ3v) is 7.84. The Morgan fingerprint density at radius 1 is 0.973 bits per heavy atom. The molecule has 37 heavy (non-hydrogen) atoms. The highest BCUT2D eigenvalue weighted by molar-refractivity contribution is 7.09. The van der Waals surface area contributed by atoms with Crippen molar-refractivity contribution in [1.82, 2.24) is 14.7 Å². The van der Waals surface area contributed by atoms with Crippen molar-refractivity contribution in [2.45, 2.75) is 25.9 Å². The maximum absolute atomic E-state index is 13.6. The minimum Gasteiger partial charge on any atom is -0.332 e. The zero-order valence-electron chi connectivity index (χ0n) is 20.3. The Morgan fingerprint density at radius 3 is 2.41 bits per heavy atom. The Bertz CT molecular complexity index is 1190. The molecule has 3 aromatic rings. The molecule has 1 N–H and O–H groups in total. The fourth-order valence-electron chi connectivity index (χ4n) is 4.19. The van der Waals surface area contributed by atoms with Gasteiger partial charge >= 0.3 is 6.03 Å². The summed E-state index contributed by atoms with van der Waals surface area (Å²) >= 11 is 13.7. The fraction of sp³-hybridized carbons (Fsp3) is 0.333. The monoisotopic (exact) mass is 562 g/mol. The standard InChI is InChI=1S/C27H29Cl2FN4O2S/c28-24-10-9-22(16-25(24)29)31-27(36)33(14-13-32-11-1-2-12-32)19-26(35)34(18-23-4-3-15-37-23)17-20-5-7-21(30)8-6-20/h3-10,15-16H,1-2,11-14,17-19H2,(H,31,36). The number of rotatable bonds is 10. The van der Waals surface area contributed by atoms with Crippen LogP contribution in [-0.4, -0.2) is 59.4 Å². The third kappa shape index (κ3) is 8.17. The van der Waals surface area contributed by atoms with Gasteiger partial charge in [0.25, 0.3) is 0 Å². The van der Waals surface area contributed by atoms with Crippen LogP contribution in [-0.2, 0) is 17.9 Å². The summed E-state index contributed by atoms with van der Waals surface area (Å²) < 4.78 is 13.4. The van der Waals surface area contributed by atoms with Gasteiger partial charge in [-0.3, -0.25) is 4.79 Å². The zero-order valence-corrected chi connectivity index (χ0v) is 22.7. The van der Waals surface area contributed by atoms with Gasteiger partial charge in [-0.2, -0.15) is 0 Å². The van der Waals surface area contributed by atoms with Crippen LogP contribution in [0, 0.1) is 5.82 Å². The lowest BCUT2D eigenvalue weighted by Gasteiger charge is -2.29. The van der Waals surface area contributed by atoms with Crippen LogP contribution >= 0.6 is 34.5 Å². The Hall–Kier alpha value is -2.65. The molecule has 0 spiro atoms. The molecule has 0 atom stereocenters. The molecular formula is C27H29Cl2FN4O2S. The topological polar surface area (TPSA) is 55.9 Å². The number of anilines is 1. The van der Waals surface area contributed by atoms with Crippen LogP contribution in [0.5, 0.6) is 0 Å². The lowest BCUT2D eigenvalue weighted by Crippen LogP contribution is -2.46. The van der Waals surface area contributed by atoms with Crippen molar-refractivity contribution in [2.24, 2.45) is 0 Å². The van der Waals surface area contributed by atoms with E-state index in [1.807, 2.05) is 17.5 Å². The zero-order chi connectivity index (χ0) is 26.2. The summed E-state index contributed by atoms with van der Waals surface area (Å²) in [5.74, 6) is -0.518. The van der Waals surface area contributed by atoms with E-state index in [0.29, 0.717) is 41.9 Å². The van der Waals surface area contributed by atoms with Gasteiger partial charge in [-0.05, 0) is 73.3 Å². The van der Waals surface area contributed by atoms with Crippen molar-refractivity contribution in [3.8, 4) is 0 Å². The third-order valence-electron chi connectivity index (χ3n) is 6.24. The molecule has 4 rings (SSSR count). The van der Waals surface area contributed by atoms with Crippen molar-refractivity contribution in [3.63, 3.8) is 0 Å². The molecule has 2 aromatic carbocycles. The van der Waals surface area contributed by atoms with Crippen LogP contribution in [0.1, 0.15) is 23.3 Å². The molecule has 196 valence electrons. The van der Waals surface area contributed by atoms with E-state index in [1.165, 1.54) is 17.0 Å². The summed E-state index contributed by atoms with van der Waals surface area (Å²) in [5, 5.41) is 5.54. The lowest BCUT2D eigenvalue weighted by molar-refractivity contribution is -0.133. The Morgan fingerprint density at radius 2 is 1.73 bits per heavy atom. The Balaban J connectivity index is 1.49. The van der Waals surface area contributed by atoms with Crippen molar-refractivity contribution >= 4 is 52.2 Å². The number of thiophene rings is 1. The van der Waals surface area contributed by atoms with Crippen molar-refractivity contribution in [2.75, 3.05) is 38.0 Å². The molecule has 6 nitrogen and oxygen atoms in total. The number of urea groups is 1. The van der Waals surface area contributed by atoms with Crippen LogP contribution in [0.25, 0.3) is 0 Å². The van der Waals surface area contributed by atoms with E-state index in [9.17, 15) is 14.0 Å². The molecule has 1 aromatic heterocycles. The maximum Gasteiger partial charge on any atom is 0.322 e. The number of carbonyl (C=O) groups excluding carboxylic acids is 2. The van der Waals surface area contributed by atoms with Crippen molar-refractivity contribution in [3.05, 3.63) is 86.3 Å². The number of nitrogens with one attached hydrogen (secondary N) is 1. The summed E-state index contributed by atoms with van der Waals surface area (Å²) in [6, 6.07) is 14.5. The first-order valence-electron chi connectivity index (χ1n) is 12.2. The molecule has 1 aliphatic heterocycles. The van der Waals surface area contributed by atoms with Gasteiger partial charge in [0.05, 0.1) is 16.6 Å². The number of halogens is 3. The van der Waals surface area contributed by atoms with Gasteiger partial charge in [0.1, 0.15) is 12.4 Å². The summed E-state index contributed by atoms with van der Waals surface area (Å²) in [5.41, 5.74) is 1.31. The smallest absolute Gasteiger partial charge is 0.322 e. The largest absolute Gasteiger partial charge is 0.332 e. The van der Waals surface area contributed by atoms with Crippen LogP contribution < -0.4 is 5.32 Å². The molecule has 0 saturated carbocycles. The normalized spacial score (nSPS) is 13.5. The molecule has 1 saturated heterocycles. The van der Waals surface area contributed by atoms with Crippen LogP contribution in [0.2, 0.25) is 10.0 Å². The van der Waals surface area contributed by atoms with Crippen molar-refractivity contribution < 1.29 is 14.0 Å². The average molecular weight is 564 g/mol. The van der Waals surface area contributed by atoms with Gasteiger partial charge in [0.2, 0.25) is 5.91 Å². The molecular weight excluding hydrogens is 534 g/mol. The fourth-order valence-corrected chi connectivity index (χ4v) is 5.21. The lowest BCUT2D eigenvalue weighted by atomic mass is 10.2. The Labute approximate surface area is 230 Å². The van der Waals surface area contributed by atoms with Gasteiger partial charge in [-0.15, -0.1) is 11.3 Å². The molecule has 1 fully saturated rings. The van der Waals surface area contributed by atoms with Crippen LogP contribution in [0.4, 0.5) is 14.9 Å². The molecule has 0 bridgehead atoms. The second kappa shape index (κ2) is 13.2. The minimum absolute atomic E-state index is 0.0897. The average Bonchev–Trinajstić information content (AvgIpc) is 3.59. The predicted molar refractivity (Wildman–Crippen MR) is 148 cm³/mol. The summed E-state index contributed by atoms with van der Waals surface area (Å²) in [4.78, 5) is 33.4. The number of hydrogen-bond acceptors (Lipinski definition) is 4. The first-order valence-corrected chi connectivity index (χ1v) is 13.8. The van der Waals surface area contributed by atoms with E-state index in [1.54, 1.807) is 46.6 Å². The van der Waals surface area contributed by atoms with Gasteiger partial charge in [-0.1, -0.05) is 41.4 Å². The van der Waals surface area contributed by atoms with E-state index < -0.39 is 0 Å². The quantitative estimate of drug-likeness (QED) is 0.313. The second-order valence-corrected chi connectivity index (χ2v) is 10.8. The molecule has 0 unspecified atom stereocenters. The number of carbonyl (C=O) groups is 2. The maximum atomic E-state index is 13.6. The van der Waals surface area contributed by atoms with E-state index in [4.69, 9.17) is 23.2 Å². The van der Waals surface area contributed by atoms with E-state index in [-0.39, 0.29) is 24.3 Å². The Kier molecular flexibility index (Phi) is 9.80. The highest BCUT2D eigenvalue weighted by Gasteiger charge is 2.24. The van der Waals surface area contributed by atoms with Gasteiger partial charge in [0, 0.05) is 30.2 Å². The highest BCUT2D eigenvalue weighted by Crippen LogP contribution is 2.25. The molecule has 3 amide bonds. The minimum atomic E-state index is -0.385. The predicted octanol–water partition coefficient (Wildman–Crippen LogP) is 6.35. The first-order chi connectivity index (χ1) is 17.9. The molecule has 10 heteroatoms. The highest BCUT2D eigenvalue weighted by atomic mass is 35.5. The summed E-state index contributed by atoms with van der Waals surface area (Å²) in [6.07, 6.45) is 2.28. The molecule has 0 aliphatic carbocycles. The van der Waals surface area contributed by atoms with E-state index >= 15 is 0 Å². The summed E-state index contributed by atoms with van der Waals surface area (Å²) in [7, 11) is 0. The second-order valence-electron chi connectivity index (χ2n) is 8.98.